The molecule has 120 valence electrons. The second-order valence-electron chi connectivity index (χ2n) is 5.48. The molecule has 0 aliphatic carbocycles. The van der Waals surface area contributed by atoms with E-state index in [1.54, 1.807) is 41.8 Å². The number of hydrogen-bond acceptors (Lipinski definition) is 4. The number of thiophene rings is 1. The molecule has 2 N–H and O–H groups in total. The summed E-state index contributed by atoms with van der Waals surface area (Å²) in [6.45, 7) is 3.98. The van der Waals surface area contributed by atoms with E-state index in [-0.39, 0.29) is 11.8 Å². The van der Waals surface area contributed by atoms with Gasteiger partial charge in [-0.1, -0.05) is 13.8 Å². The summed E-state index contributed by atoms with van der Waals surface area (Å²) in [4.78, 5) is 23.6. The molecule has 0 bridgehead atoms. The van der Waals surface area contributed by atoms with E-state index in [1.807, 2.05) is 30.7 Å². The summed E-state index contributed by atoms with van der Waals surface area (Å²) in [7, 11) is 0. The van der Waals surface area contributed by atoms with E-state index < -0.39 is 0 Å². The molecule has 6 heteroatoms. The lowest BCUT2D eigenvalue weighted by Gasteiger charge is -2.07. The summed E-state index contributed by atoms with van der Waals surface area (Å²) in [5.74, 6) is -0.0183. The highest BCUT2D eigenvalue weighted by Crippen LogP contribution is 2.11. The maximum atomic E-state index is 11.9. The van der Waals surface area contributed by atoms with Crippen LogP contribution in [0.4, 0.5) is 5.69 Å². The number of hydrogen-bond donors (Lipinski definition) is 2. The first-order valence-electron chi connectivity index (χ1n) is 7.30. The van der Waals surface area contributed by atoms with Crippen LogP contribution in [0.5, 0.6) is 0 Å². The molecule has 5 nitrogen and oxygen atoms in total. The lowest BCUT2D eigenvalue weighted by Crippen LogP contribution is -2.18. The van der Waals surface area contributed by atoms with Gasteiger partial charge in [-0.15, -0.1) is 0 Å². The molecule has 0 aliphatic heterocycles. The highest BCUT2D eigenvalue weighted by molar-refractivity contribution is 7.08. The first-order valence-corrected chi connectivity index (χ1v) is 8.24. The molecule has 0 saturated carbocycles. The Hall–Kier alpha value is -2.47. The number of benzene rings is 1. The number of anilines is 1. The highest BCUT2D eigenvalue weighted by Gasteiger charge is 2.07. The number of carbonyl (C=O) groups is 2. The van der Waals surface area contributed by atoms with Crippen LogP contribution in [0, 0.1) is 5.92 Å². The first-order chi connectivity index (χ1) is 11.0. The van der Waals surface area contributed by atoms with E-state index >= 15 is 0 Å². The minimum atomic E-state index is -0.295. The van der Waals surface area contributed by atoms with Gasteiger partial charge in [0, 0.05) is 23.2 Å². The molecule has 0 atom stereocenters. The summed E-state index contributed by atoms with van der Waals surface area (Å²) >= 11 is 1.57. The maximum Gasteiger partial charge on any atom is 0.271 e. The quantitative estimate of drug-likeness (QED) is 0.629. The van der Waals surface area contributed by atoms with Gasteiger partial charge in [0.15, 0.2) is 0 Å². The number of carbonyl (C=O) groups excluding carboxylic acids is 2. The maximum absolute atomic E-state index is 11.9. The zero-order chi connectivity index (χ0) is 16.7. The van der Waals surface area contributed by atoms with Gasteiger partial charge in [0.2, 0.25) is 5.91 Å². The van der Waals surface area contributed by atoms with E-state index in [9.17, 15) is 9.59 Å². The monoisotopic (exact) mass is 329 g/mol. The molecular weight excluding hydrogens is 310 g/mol. The normalized spacial score (nSPS) is 10.9. The van der Waals surface area contributed by atoms with Crippen LogP contribution in [0.2, 0.25) is 0 Å². The fourth-order valence-electron chi connectivity index (χ4n) is 1.87. The molecular formula is C17H19N3O2S. The molecule has 2 rings (SSSR count). The molecule has 2 amide bonds. The zero-order valence-electron chi connectivity index (χ0n) is 13.1. The van der Waals surface area contributed by atoms with Crippen molar-refractivity contribution in [3.8, 4) is 0 Å². The van der Waals surface area contributed by atoms with Crippen LogP contribution in [-0.2, 0) is 4.79 Å². The molecule has 0 aliphatic rings. The number of nitrogens with one attached hydrogen (secondary N) is 2. The predicted octanol–water partition coefficient (Wildman–Crippen LogP) is 3.50. The van der Waals surface area contributed by atoms with Gasteiger partial charge in [-0.05, 0) is 47.0 Å². The van der Waals surface area contributed by atoms with Crippen LogP contribution in [0.15, 0.2) is 46.2 Å². The van der Waals surface area contributed by atoms with Gasteiger partial charge in [-0.25, -0.2) is 5.43 Å². The van der Waals surface area contributed by atoms with Crippen molar-refractivity contribution < 1.29 is 9.59 Å². The third kappa shape index (κ3) is 5.67. The lowest BCUT2D eigenvalue weighted by atomic mass is 10.1. The number of amides is 2. The van der Waals surface area contributed by atoms with Crippen LogP contribution >= 0.6 is 11.3 Å². The predicted molar refractivity (Wildman–Crippen MR) is 93.9 cm³/mol. The average Bonchev–Trinajstić information content (AvgIpc) is 3.00. The molecule has 2 aromatic rings. The van der Waals surface area contributed by atoms with Crippen molar-refractivity contribution in [2.75, 3.05) is 5.32 Å². The van der Waals surface area contributed by atoms with E-state index in [2.05, 4.69) is 15.8 Å². The Labute approximate surface area is 139 Å². The Morgan fingerprint density at radius 1 is 1.22 bits per heavy atom. The average molecular weight is 329 g/mol. The standard InChI is InChI=1S/C17H19N3O2S/c1-12(2)9-16(21)19-15-5-3-14(4-6-15)17(22)20-18-10-13-7-8-23-11-13/h3-8,10-12H,9H2,1-2H3,(H,19,21)(H,20,22)/b18-10+. The lowest BCUT2D eigenvalue weighted by molar-refractivity contribution is -0.116. The minimum Gasteiger partial charge on any atom is -0.326 e. The van der Waals surface area contributed by atoms with E-state index in [4.69, 9.17) is 0 Å². The minimum absolute atomic E-state index is 0.0300. The van der Waals surface area contributed by atoms with Gasteiger partial charge in [0.05, 0.1) is 6.21 Å². The Morgan fingerprint density at radius 2 is 1.96 bits per heavy atom. The van der Waals surface area contributed by atoms with Gasteiger partial charge in [0.1, 0.15) is 0 Å². The summed E-state index contributed by atoms with van der Waals surface area (Å²) in [5.41, 5.74) is 4.57. The molecule has 1 heterocycles. The Bertz CT molecular complexity index is 676. The van der Waals surface area contributed by atoms with Crippen LogP contribution < -0.4 is 10.7 Å². The first kappa shape index (κ1) is 16.9. The van der Waals surface area contributed by atoms with Crippen LogP contribution in [0.25, 0.3) is 0 Å². The van der Waals surface area contributed by atoms with Crippen LogP contribution in [0.1, 0.15) is 36.2 Å². The smallest absolute Gasteiger partial charge is 0.271 e. The fraction of sp³-hybridized carbons (Fsp3) is 0.235. The topological polar surface area (TPSA) is 70.6 Å². The zero-order valence-corrected chi connectivity index (χ0v) is 13.9. The Kier molecular flexibility index (Phi) is 6.05. The third-order valence-corrected chi connectivity index (χ3v) is 3.65. The van der Waals surface area contributed by atoms with Crippen molar-refractivity contribution in [1.82, 2.24) is 5.43 Å². The van der Waals surface area contributed by atoms with Gasteiger partial charge in [-0.2, -0.15) is 16.4 Å². The SMILES string of the molecule is CC(C)CC(=O)Nc1ccc(C(=O)N/N=C/c2ccsc2)cc1. The fourth-order valence-corrected chi connectivity index (χ4v) is 2.48. The van der Waals surface area contributed by atoms with Crippen molar-refractivity contribution in [3.05, 3.63) is 52.2 Å². The van der Waals surface area contributed by atoms with Gasteiger partial charge in [0.25, 0.3) is 5.91 Å². The number of nitrogens with zero attached hydrogens (tertiary/aromatic N) is 1. The molecule has 23 heavy (non-hydrogen) atoms. The van der Waals surface area contributed by atoms with E-state index in [0.717, 1.165) is 5.56 Å². The van der Waals surface area contributed by atoms with Gasteiger partial charge < -0.3 is 5.32 Å². The summed E-state index contributed by atoms with van der Waals surface area (Å²) in [6, 6.07) is 8.63. The van der Waals surface area contributed by atoms with Crippen molar-refractivity contribution in [3.63, 3.8) is 0 Å². The van der Waals surface area contributed by atoms with E-state index in [0.29, 0.717) is 23.6 Å². The van der Waals surface area contributed by atoms with Crippen LogP contribution in [0.3, 0.4) is 0 Å². The molecule has 0 radical (unpaired) electrons. The Balaban J connectivity index is 1.88. The molecule has 0 fully saturated rings. The van der Waals surface area contributed by atoms with Crippen molar-refractivity contribution in [2.24, 2.45) is 11.0 Å². The number of rotatable bonds is 6. The summed E-state index contributed by atoms with van der Waals surface area (Å²) < 4.78 is 0. The molecule has 0 saturated heterocycles. The summed E-state index contributed by atoms with van der Waals surface area (Å²) in [5, 5.41) is 10.6. The Morgan fingerprint density at radius 3 is 2.57 bits per heavy atom. The van der Waals surface area contributed by atoms with Gasteiger partial charge in [-0.3, -0.25) is 9.59 Å². The highest BCUT2D eigenvalue weighted by atomic mass is 32.1. The van der Waals surface area contributed by atoms with Crippen molar-refractivity contribution in [1.29, 1.82) is 0 Å². The second-order valence-corrected chi connectivity index (χ2v) is 6.26. The largest absolute Gasteiger partial charge is 0.326 e. The van der Waals surface area contributed by atoms with Crippen molar-refractivity contribution >= 4 is 35.1 Å². The van der Waals surface area contributed by atoms with Crippen LogP contribution in [-0.4, -0.2) is 18.0 Å². The molecule has 0 unspecified atom stereocenters. The van der Waals surface area contributed by atoms with Gasteiger partial charge >= 0.3 is 0 Å². The van der Waals surface area contributed by atoms with Crippen molar-refractivity contribution in [2.45, 2.75) is 20.3 Å². The molecule has 0 spiro atoms. The second kappa shape index (κ2) is 8.24. The third-order valence-electron chi connectivity index (χ3n) is 2.95. The molecule has 1 aromatic carbocycles. The summed E-state index contributed by atoms with van der Waals surface area (Å²) in [6.07, 6.45) is 2.06. The van der Waals surface area contributed by atoms with E-state index in [1.165, 1.54) is 0 Å². The number of hydrazone groups is 1. The molecule has 1 aromatic heterocycles.